The molecule has 1 saturated heterocycles. The van der Waals surface area contributed by atoms with Gasteiger partial charge in [-0.15, -0.1) is 0 Å². The third-order valence-electron chi connectivity index (χ3n) is 6.00. The Balaban J connectivity index is 1.31. The summed E-state index contributed by atoms with van der Waals surface area (Å²) in [5, 5.41) is 4.17. The number of hydrogen-bond acceptors (Lipinski definition) is 2. The lowest BCUT2D eigenvalue weighted by molar-refractivity contribution is -0.127. The predicted molar refractivity (Wildman–Crippen MR) is 110 cm³/mol. The average molecular weight is 383 g/mol. The Labute approximate surface area is 166 Å². The molecule has 0 spiro atoms. The van der Waals surface area contributed by atoms with Crippen LogP contribution in [0.25, 0.3) is 0 Å². The second-order valence-corrected chi connectivity index (χ2v) is 8.20. The van der Waals surface area contributed by atoms with E-state index in [1.165, 1.54) is 16.7 Å². The van der Waals surface area contributed by atoms with Crippen LogP contribution in [0.3, 0.4) is 0 Å². The molecular formula is C23H27ClN2O. The predicted octanol–water partition coefficient (Wildman–Crippen LogP) is 4.75. The Morgan fingerprint density at radius 3 is 2.59 bits per heavy atom. The van der Waals surface area contributed by atoms with Crippen LogP contribution in [0.2, 0.25) is 5.02 Å². The highest BCUT2D eigenvalue weighted by atomic mass is 35.5. The molecule has 2 aromatic rings. The van der Waals surface area contributed by atoms with Crippen molar-refractivity contribution >= 4 is 17.5 Å². The van der Waals surface area contributed by atoms with E-state index in [0.29, 0.717) is 0 Å². The molecule has 1 fully saturated rings. The summed E-state index contributed by atoms with van der Waals surface area (Å²) < 4.78 is 0. The first kappa shape index (κ1) is 18.5. The van der Waals surface area contributed by atoms with Gasteiger partial charge in [0.25, 0.3) is 0 Å². The van der Waals surface area contributed by atoms with Gasteiger partial charge in [-0.25, -0.2) is 0 Å². The van der Waals surface area contributed by atoms with Gasteiger partial charge >= 0.3 is 0 Å². The van der Waals surface area contributed by atoms with Crippen LogP contribution in [0, 0.1) is 5.92 Å². The molecule has 0 aromatic heterocycles. The maximum absolute atomic E-state index is 12.8. The minimum absolute atomic E-state index is 0.126. The van der Waals surface area contributed by atoms with Gasteiger partial charge in [-0.2, -0.15) is 0 Å². The number of amides is 1. The zero-order chi connectivity index (χ0) is 18.6. The minimum Gasteiger partial charge on any atom is -0.349 e. The van der Waals surface area contributed by atoms with E-state index < -0.39 is 0 Å². The van der Waals surface area contributed by atoms with E-state index in [1.807, 2.05) is 18.2 Å². The molecule has 0 bridgehead atoms. The SMILES string of the molecule is O=C(NC1CCCc2ccccc21)C1CCN(Cc2ccccc2Cl)CC1. The number of fused-ring (bicyclic) bond motifs is 1. The Morgan fingerprint density at radius 2 is 1.78 bits per heavy atom. The molecule has 4 rings (SSSR count). The van der Waals surface area contributed by atoms with Gasteiger partial charge in [0.1, 0.15) is 0 Å². The maximum atomic E-state index is 12.8. The van der Waals surface area contributed by atoms with Crippen molar-refractivity contribution in [2.24, 2.45) is 5.92 Å². The highest BCUT2D eigenvalue weighted by Gasteiger charge is 2.28. The molecule has 1 heterocycles. The standard InChI is InChI=1S/C23H27ClN2O/c24-21-10-4-2-7-19(21)16-26-14-12-18(13-15-26)23(27)25-22-11-5-8-17-6-1-3-9-20(17)22/h1-4,6-7,9-10,18,22H,5,8,11-16H2,(H,25,27). The summed E-state index contributed by atoms with van der Waals surface area (Å²) in [6, 6.07) is 16.8. The lowest BCUT2D eigenvalue weighted by Crippen LogP contribution is -2.41. The Bertz CT molecular complexity index is 798. The van der Waals surface area contributed by atoms with E-state index in [0.717, 1.165) is 56.8 Å². The molecule has 3 nitrogen and oxygen atoms in total. The first-order valence-electron chi connectivity index (χ1n) is 10.0. The van der Waals surface area contributed by atoms with E-state index in [2.05, 4.69) is 40.5 Å². The molecule has 2 aromatic carbocycles. The lowest BCUT2D eigenvalue weighted by Gasteiger charge is -2.33. The number of likely N-dealkylation sites (tertiary alicyclic amines) is 1. The minimum atomic E-state index is 0.126. The Kier molecular flexibility index (Phi) is 5.80. The van der Waals surface area contributed by atoms with Crippen molar-refractivity contribution < 1.29 is 4.79 Å². The van der Waals surface area contributed by atoms with Crippen LogP contribution in [0.5, 0.6) is 0 Å². The molecule has 0 saturated carbocycles. The number of halogens is 1. The van der Waals surface area contributed by atoms with Gasteiger partial charge in [-0.3, -0.25) is 9.69 Å². The lowest BCUT2D eigenvalue weighted by atomic mass is 9.87. The molecule has 1 N–H and O–H groups in total. The molecule has 1 amide bonds. The van der Waals surface area contributed by atoms with Crippen LogP contribution in [0.4, 0.5) is 0 Å². The highest BCUT2D eigenvalue weighted by Crippen LogP contribution is 2.30. The zero-order valence-corrected chi connectivity index (χ0v) is 16.4. The fourth-order valence-electron chi connectivity index (χ4n) is 4.41. The largest absolute Gasteiger partial charge is 0.349 e. The zero-order valence-electron chi connectivity index (χ0n) is 15.7. The number of benzene rings is 2. The van der Waals surface area contributed by atoms with Gasteiger partial charge in [0.15, 0.2) is 0 Å². The van der Waals surface area contributed by atoms with Crippen molar-refractivity contribution in [3.8, 4) is 0 Å². The summed E-state index contributed by atoms with van der Waals surface area (Å²) in [6.07, 6.45) is 5.17. The van der Waals surface area contributed by atoms with Crippen LogP contribution in [0.15, 0.2) is 48.5 Å². The topological polar surface area (TPSA) is 32.3 Å². The van der Waals surface area contributed by atoms with Gasteiger partial charge in [0.2, 0.25) is 5.91 Å². The van der Waals surface area contributed by atoms with Crippen LogP contribution in [0.1, 0.15) is 48.4 Å². The van der Waals surface area contributed by atoms with Crippen molar-refractivity contribution in [2.45, 2.75) is 44.7 Å². The van der Waals surface area contributed by atoms with Crippen molar-refractivity contribution in [1.82, 2.24) is 10.2 Å². The van der Waals surface area contributed by atoms with E-state index in [9.17, 15) is 4.79 Å². The van der Waals surface area contributed by atoms with Gasteiger partial charge < -0.3 is 5.32 Å². The normalized spacial score (nSPS) is 20.9. The van der Waals surface area contributed by atoms with Crippen LogP contribution in [-0.2, 0) is 17.8 Å². The molecule has 1 unspecified atom stereocenters. The first-order valence-corrected chi connectivity index (χ1v) is 10.4. The summed E-state index contributed by atoms with van der Waals surface area (Å²) in [4.78, 5) is 15.2. The first-order chi connectivity index (χ1) is 13.2. The quantitative estimate of drug-likeness (QED) is 0.827. The van der Waals surface area contributed by atoms with E-state index in [1.54, 1.807) is 0 Å². The third kappa shape index (κ3) is 4.36. The second-order valence-electron chi connectivity index (χ2n) is 7.79. The third-order valence-corrected chi connectivity index (χ3v) is 6.36. The van der Waals surface area contributed by atoms with Crippen molar-refractivity contribution in [1.29, 1.82) is 0 Å². The Hall–Kier alpha value is -1.84. The summed E-state index contributed by atoms with van der Waals surface area (Å²) in [5.74, 6) is 0.357. The van der Waals surface area contributed by atoms with E-state index in [-0.39, 0.29) is 17.9 Å². The molecular weight excluding hydrogens is 356 g/mol. The van der Waals surface area contributed by atoms with Gasteiger partial charge in [0, 0.05) is 17.5 Å². The average Bonchev–Trinajstić information content (AvgIpc) is 2.70. The molecule has 27 heavy (non-hydrogen) atoms. The monoisotopic (exact) mass is 382 g/mol. The number of carbonyl (C=O) groups excluding carboxylic acids is 1. The molecule has 0 radical (unpaired) electrons. The Morgan fingerprint density at radius 1 is 1.04 bits per heavy atom. The van der Waals surface area contributed by atoms with Crippen LogP contribution in [-0.4, -0.2) is 23.9 Å². The summed E-state index contributed by atoms with van der Waals surface area (Å²) in [7, 11) is 0. The highest BCUT2D eigenvalue weighted by molar-refractivity contribution is 6.31. The summed E-state index contributed by atoms with van der Waals surface area (Å²) in [6.45, 7) is 2.76. The van der Waals surface area contributed by atoms with E-state index >= 15 is 0 Å². The number of hydrogen-bond donors (Lipinski definition) is 1. The number of nitrogens with zero attached hydrogens (tertiary/aromatic N) is 1. The maximum Gasteiger partial charge on any atom is 0.223 e. The van der Waals surface area contributed by atoms with Crippen LogP contribution >= 0.6 is 11.6 Å². The molecule has 1 aliphatic heterocycles. The number of carbonyl (C=O) groups is 1. The van der Waals surface area contributed by atoms with Gasteiger partial charge in [-0.05, 0) is 68.0 Å². The number of aryl methyl sites for hydroxylation is 1. The molecule has 142 valence electrons. The fourth-order valence-corrected chi connectivity index (χ4v) is 4.61. The number of rotatable bonds is 4. The number of piperidine rings is 1. The molecule has 1 aliphatic carbocycles. The molecule has 1 atom stereocenters. The second kappa shape index (κ2) is 8.45. The summed E-state index contributed by atoms with van der Waals surface area (Å²) >= 11 is 6.28. The van der Waals surface area contributed by atoms with Gasteiger partial charge in [0.05, 0.1) is 6.04 Å². The molecule has 2 aliphatic rings. The van der Waals surface area contributed by atoms with Crippen molar-refractivity contribution in [3.05, 3.63) is 70.2 Å². The van der Waals surface area contributed by atoms with Crippen molar-refractivity contribution in [3.63, 3.8) is 0 Å². The summed E-state index contributed by atoms with van der Waals surface area (Å²) in [5.41, 5.74) is 3.87. The smallest absolute Gasteiger partial charge is 0.223 e. The van der Waals surface area contributed by atoms with Crippen LogP contribution < -0.4 is 5.32 Å². The van der Waals surface area contributed by atoms with Gasteiger partial charge in [-0.1, -0.05) is 54.1 Å². The van der Waals surface area contributed by atoms with Crippen molar-refractivity contribution in [2.75, 3.05) is 13.1 Å². The molecule has 4 heteroatoms. The number of nitrogens with one attached hydrogen (secondary N) is 1. The fraction of sp³-hybridized carbons (Fsp3) is 0.435. The van der Waals surface area contributed by atoms with E-state index in [4.69, 9.17) is 11.6 Å².